The number of carbonyl (C=O) groups is 1. The minimum atomic E-state index is -0.0729. The van der Waals surface area contributed by atoms with Gasteiger partial charge in [-0.3, -0.25) is 4.90 Å². The molecule has 6 nitrogen and oxygen atoms in total. The average Bonchev–Trinajstić information content (AvgIpc) is 2.72. The van der Waals surface area contributed by atoms with Gasteiger partial charge in [0.2, 0.25) is 0 Å². The molecule has 2 amide bonds. The monoisotopic (exact) mass is 388 g/mol. The first kappa shape index (κ1) is 21.1. The molecule has 2 N–H and O–H groups in total. The maximum atomic E-state index is 12.5. The van der Waals surface area contributed by atoms with E-state index in [1.807, 2.05) is 0 Å². The van der Waals surface area contributed by atoms with Gasteiger partial charge in [-0.25, -0.2) is 4.79 Å². The van der Waals surface area contributed by atoms with E-state index in [0.717, 1.165) is 45.0 Å². The number of morpholine rings is 1. The van der Waals surface area contributed by atoms with E-state index in [1.54, 1.807) is 0 Å². The number of benzene rings is 1. The van der Waals surface area contributed by atoms with E-state index in [9.17, 15) is 4.79 Å². The van der Waals surface area contributed by atoms with Crippen LogP contribution in [-0.2, 0) is 17.8 Å². The number of hydrogen-bond acceptors (Lipinski definition) is 4. The molecule has 0 spiro atoms. The molecule has 1 saturated heterocycles. The minimum Gasteiger partial charge on any atom is -0.379 e. The summed E-state index contributed by atoms with van der Waals surface area (Å²) in [6, 6.07) is 8.34. The molecule has 0 radical (unpaired) electrons. The summed E-state index contributed by atoms with van der Waals surface area (Å²) in [7, 11) is 4.13. The molecule has 1 aliphatic heterocycles. The van der Waals surface area contributed by atoms with Gasteiger partial charge >= 0.3 is 6.03 Å². The number of urea groups is 1. The molecule has 2 fully saturated rings. The van der Waals surface area contributed by atoms with Gasteiger partial charge in [-0.2, -0.15) is 0 Å². The van der Waals surface area contributed by atoms with Gasteiger partial charge in [0.15, 0.2) is 0 Å². The molecule has 0 unspecified atom stereocenters. The van der Waals surface area contributed by atoms with Crippen LogP contribution >= 0.6 is 0 Å². The van der Waals surface area contributed by atoms with Gasteiger partial charge in [0.25, 0.3) is 0 Å². The Kier molecular flexibility index (Phi) is 7.71. The molecule has 28 heavy (non-hydrogen) atoms. The zero-order valence-corrected chi connectivity index (χ0v) is 17.5. The molecule has 1 saturated carbocycles. The van der Waals surface area contributed by atoms with Crippen LogP contribution in [0.25, 0.3) is 0 Å². The quantitative estimate of drug-likeness (QED) is 0.754. The fourth-order valence-corrected chi connectivity index (χ4v) is 4.55. The summed E-state index contributed by atoms with van der Waals surface area (Å²) in [4.78, 5) is 17.2. The number of carbonyl (C=O) groups excluding carboxylic acids is 1. The van der Waals surface area contributed by atoms with Crippen molar-refractivity contribution in [2.75, 3.05) is 46.9 Å². The number of hydrogen-bond donors (Lipinski definition) is 2. The van der Waals surface area contributed by atoms with Crippen molar-refractivity contribution in [3.8, 4) is 0 Å². The van der Waals surface area contributed by atoms with Crippen LogP contribution in [-0.4, -0.2) is 68.3 Å². The van der Waals surface area contributed by atoms with E-state index >= 15 is 0 Å². The summed E-state index contributed by atoms with van der Waals surface area (Å²) in [6.45, 7) is 5.73. The molecule has 156 valence electrons. The molecule has 1 heterocycles. The Hall–Kier alpha value is -1.63. The fourth-order valence-electron chi connectivity index (χ4n) is 4.55. The Morgan fingerprint density at radius 3 is 2.54 bits per heavy atom. The van der Waals surface area contributed by atoms with Crippen molar-refractivity contribution in [2.24, 2.45) is 0 Å². The SMILES string of the molecule is CN(C)Cc1cccc(CNC(=O)NCC2(N3CCOCC3)CCCCC2)c1. The standard InChI is InChI=1S/C22H36N4O2/c1-25(2)17-20-8-6-7-19(15-20)16-23-21(27)24-18-22(9-4-3-5-10-22)26-11-13-28-14-12-26/h6-8,15H,3-5,9-14,16-18H2,1-2H3,(H2,23,24,27). The zero-order chi connectivity index (χ0) is 19.8. The number of amides is 2. The van der Waals surface area contributed by atoms with Crippen molar-refractivity contribution in [3.05, 3.63) is 35.4 Å². The predicted octanol–water partition coefficient (Wildman–Crippen LogP) is 2.58. The van der Waals surface area contributed by atoms with Crippen LogP contribution in [0.5, 0.6) is 0 Å². The smallest absolute Gasteiger partial charge is 0.315 e. The van der Waals surface area contributed by atoms with Gasteiger partial charge in [0.1, 0.15) is 0 Å². The molecule has 2 aliphatic rings. The van der Waals surface area contributed by atoms with Crippen LogP contribution in [0.15, 0.2) is 24.3 Å². The summed E-state index contributed by atoms with van der Waals surface area (Å²) >= 11 is 0. The molecule has 0 atom stereocenters. The maximum absolute atomic E-state index is 12.5. The lowest BCUT2D eigenvalue weighted by Crippen LogP contribution is -2.60. The molecular formula is C22H36N4O2. The summed E-state index contributed by atoms with van der Waals surface area (Å²) in [5.74, 6) is 0. The van der Waals surface area contributed by atoms with Crippen LogP contribution < -0.4 is 10.6 Å². The number of nitrogens with one attached hydrogen (secondary N) is 2. The van der Waals surface area contributed by atoms with Crippen molar-refractivity contribution in [2.45, 2.75) is 50.7 Å². The molecule has 1 aliphatic carbocycles. The second-order valence-electron chi connectivity index (χ2n) is 8.48. The fraction of sp³-hybridized carbons (Fsp3) is 0.682. The zero-order valence-electron chi connectivity index (χ0n) is 17.5. The Labute approximate surface area is 169 Å². The highest BCUT2D eigenvalue weighted by Crippen LogP contribution is 2.33. The van der Waals surface area contributed by atoms with Gasteiger partial charge in [-0.05, 0) is 38.1 Å². The van der Waals surface area contributed by atoms with Crippen LogP contribution in [0.4, 0.5) is 4.79 Å². The molecule has 3 rings (SSSR count). The van der Waals surface area contributed by atoms with Crippen molar-refractivity contribution < 1.29 is 9.53 Å². The van der Waals surface area contributed by atoms with E-state index in [2.05, 4.69) is 58.8 Å². The van der Waals surface area contributed by atoms with E-state index in [1.165, 1.54) is 37.7 Å². The minimum absolute atomic E-state index is 0.0729. The van der Waals surface area contributed by atoms with Gasteiger partial charge in [0, 0.05) is 38.3 Å². The van der Waals surface area contributed by atoms with Gasteiger partial charge in [-0.15, -0.1) is 0 Å². The lowest BCUT2D eigenvalue weighted by Gasteiger charge is -2.48. The highest BCUT2D eigenvalue weighted by Gasteiger charge is 2.38. The normalized spacial score (nSPS) is 20.1. The number of ether oxygens (including phenoxy) is 1. The first-order valence-corrected chi connectivity index (χ1v) is 10.6. The lowest BCUT2D eigenvalue weighted by molar-refractivity contribution is -0.0357. The van der Waals surface area contributed by atoms with Crippen molar-refractivity contribution in [3.63, 3.8) is 0 Å². The second kappa shape index (κ2) is 10.2. The predicted molar refractivity (Wildman–Crippen MR) is 112 cm³/mol. The molecule has 1 aromatic carbocycles. The van der Waals surface area contributed by atoms with Crippen LogP contribution in [0.2, 0.25) is 0 Å². The Morgan fingerprint density at radius 2 is 1.82 bits per heavy atom. The Morgan fingerprint density at radius 1 is 1.11 bits per heavy atom. The summed E-state index contributed by atoms with van der Waals surface area (Å²) < 4.78 is 5.54. The van der Waals surface area contributed by atoms with Gasteiger partial charge < -0.3 is 20.3 Å². The third-order valence-electron chi connectivity index (χ3n) is 5.99. The Balaban J connectivity index is 1.51. The Bertz CT molecular complexity index is 623. The van der Waals surface area contributed by atoms with E-state index in [-0.39, 0.29) is 11.6 Å². The lowest BCUT2D eigenvalue weighted by atomic mass is 9.80. The highest BCUT2D eigenvalue weighted by molar-refractivity contribution is 5.73. The van der Waals surface area contributed by atoms with Crippen LogP contribution in [0, 0.1) is 0 Å². The third-order valence-corrected chi connectivity index (χ3v) is 5.99. The number of nitrogens with zero attached hydrogens (tertiary/aromatic N) is 2. The summed E-state index contributed by atoms with van der Waals surface area (Å²) in [6.07, 6.45) is 6.14. The average molecular weight is 389 g/mol. The van der Waals surface area contributed by atoms with Gasteiger partial charge in [-0.1, -0.05) is 43.5 Å². The number of rotatable bonds is 7. The topological polar surface area (TPSA) is 56.8 Å². The van der Waals surface area contributed by atoms with E-state index < -0.39 is 0 Å². The summed E-state index contributed by atoms with van der Waals surface area (Å²) in [5.41, 5.74) is 2.50. The summed E-state index contributed by atoms with van der Waals surface area (Å²) in [5, 5.41) is 6.20. The first-order chi connectivity index (χ1) is 13.6. The first-order valence-electron chi connectivity index (χ1n) is 10.6. The van der Waals surface area contributed by atoms with E-state index in [4.69, 9.17) is 4.74 Å². The molecule has 0 aromatic heterocycles. The molecule has 6 heteroatoms. The van der Waals surface area contributed by atoms with Crippen LogP contribution in [0.3, 0.4) is 0 Å². The van der Waals surface area contributed by atoms with Crippen molar-refractivity contribution >= 4 is 6.03 Å². The second-order valence-corrected chi connectivity index (χ2v) is 8.48. The van der Waals surface area contributed by atoms with Crippen LogP contribution in [0.1, 0.15) is 43.2 Å². The van der Waals surface area contributed by atoms with Crippen molar-refractivity contribution in [1.82, 2.24) is 20.4 Å². The molecule has 1 aromatic rings. The van der Waals surface area contributed by atoms with E-state index in [0.29, 0.717) is 6.54 Å². The molecule has 0 bridgehead atoms. The maximum Gasteiger partial charge on any atom is 0.315 e. The largest absolute Gasteiger partial charge is 0.379 e. The highest BCUT2D eigenvalue weighted by atomic mass is 16.5. The third kappa shape index (κ3) is 5.93. The van der Waals surface area contributed by atoms with Crippen molar-refractivity contribution in [1.29, 1.82) is 0 Å². The van der Waals surface area contributed by atoms with Gasteiger partial charge in [0.05, 0.1) is 13.2 Å². The molecular weight excluding hydrogens is 352 g/mol.